The molecule has 0 radical (unpaired) electrons. The Hall–Kier alpha value is 3.12. The van der Waals surface area contributed by atoms with Crippen LogP contribution < -0.4 is 0 Å². The van der Waals surface area contributed by atoms with Crippen LogP contribution in [0.4, 0.5) is 0 Å². The van der Waals surface area contributed by atoms with E-state index in [4.69, 9.17) is 0 Å². The minimum absolute atomic E-state index is 0.0101. The van der Waals surface area contributed by atoms with Crippen molar-refractivity contribution in [3.63, 3.8) is 0 Å². The second kappa shape index (κ2) is 17.5. The van der Waals surface area contributed by atoms with E-state index < -0.39 is 7.40 Å². The van der Waals surface area contributed by atoms with E-state index in [1.807, 2.05) is 0 Å². The van der Waals surface area contributed by atoms with Crippen molar-refractivity contribution < 1.29 is 9.90 Å². The molecule has 7 heteroatoms. The summed E-state index contributed by atoms with van der Waals surface area (Å²) in [6, 6.07) is 0. The average molecular weight is 970 g/mol. The van der Waals surface area contributed by atoms with Crippen molar-refractivity contribution in [1.82, 2.24) is 0 Å². The van der Waals surface area contributed by atoms with Gasteiger partial charge in [0.25, 0.3) is 0 Å². The summed E-state index contributed by atoms with van der Waals surface area (Å²) in [4.78, 5) is 11.8. The van der Waals surface area contributed by atoms with E-state index in [0.717, 1.165) is 12.8 Å². The number of rotatable bonds is 19. The average Bonchev–Trinajstić information content (AvgIpc) is 2.67. The molecule has 0 saturated carbocycles. The molecule has 0 spiro atoms. The van der Waals surface area contributed by atoms with Gasteiger partial charge in [0.15, 0.2) is 1.43 Å². The molecule has 0 heterocycles. The standard InChI is InChI=1S/C22H39I5O2/c1-3-5-6-7-8-9-10-11-12-13-14-15-16-17-18-20(23,4-2)22(26,27)21(24,25)19(28)29/h3-18H2,1-2H3,(H,28,29). The van der Waals surface area contributed by atoms with Crippen LogP contribution in [0.1, 0.15) is 117 Å². The number of halogens is 5. The molecule has 2 nitrogen and oxygen atoms in total. The van der Waals surface area contributed by atoms with Gasteiger partial charge in [0.2, 0.25) is 0 Å². The highest BCUT2D eigenvalue weighted by molar-refractivity contribution is 14.2. The molecule has 1 N–H and O–H groups in total. The summed E-state index contributed by atoms with van der Waals surface area (Å²) in [5, 5.41) is 9.70. The highest BCUT2D eigenvalue weighted by Crippen LogP contribution is 2.61. The lowest BCUT2D eigenvalue weighted by molar-refractivity contribution is -0.136. The fourth-order valence-electron chi connectivity index (χ4n) is 3.57. The zero-order valence-electron chi connectivity index (χ0n) is 18.1. The lowest BCUT2D eigenvalue weighted by atomic mass is 9.93. The number of carboxylic acids is 1. The molecule has 0 aromatic heterocycles. The number of aliphatic carboxylic acids is 1. The summed E-state index contributed by atoms with van der Waals surface area (Å²) in [6.45, 7) is 4.48. The highest BCUT2D eigenvalue weighted by Gasteiger charge is 2.60. The summed E-state index contributed by atoms with van der Waals surface area (Å²) >= 11 is 11.6. The molecule has 0 aromatic rings. The first-order valence-corrected chi connectivity index (χ1v) is 16.6. The van der Waals surface area contributed by atoms with Crippen molar-refractivity contribution in [3.8, 4) is 0 Å². The SMILES string of the molecule is CCCCCCCCCCCCCCCCC(I)(CC)C(I)(I)C(I)(I)C(=O)O. The van der Waals surface area contributed by atoms with Gasteiger partial charge >= 0.3 is 5.97 Å². The number of carboxylic acid groups (broad SMARTS) is 1. The van der Waals surface area contributed by atoms with E-state index in [0.29, 0.717) is 0 Å². The molecule has 0 fully saturated rings. The molecule has 0 aromatic carbocycles. The monoisotopic (exact) mass is 970 g/mol. The predicted octanol–water partition coefficient (Wildman–Crippen LogP) is 10.7. The van der Waals surface area contributed by atoms with Gasteiger partial charge in [0, 0.05) is 3.42 Å². The number of carbonyl (C=O) groups is 1. The lowest BCUT2D eigenvalue weighted by Gasteiger charge is -2.44. The summed E-state index contributed by atoms with van der Waals surface area (Å²) in [7, 11) is 0. The molecule has 0 saturated heterocycles. The third kappa shape index (κ3) is 11.9. The maximum absolute atomic E-state index is 11.8. The molecule has 1 unspecified atom stereocenters. The van der Waals surface area contributed by atoms with Crippen molar-refractivity contribution >= 4 is 119 Å². The Labute approximate surface area is 248 Å². The molecule has 0 aliphatic carbocycles. The Bertz CT molecular complexity index is 443. The molecule has 1 atom stereocenters. The van der Waals surface area contributed by atoms with Crippen LogP contribution in [0.3, 0.4) is 0 Å². The van der Waals surface area contributed by atoms with E-state index in [9.17, 15) is 9.90 Å². The second-order valence-electron chi connectivity index (χ2n) is 8.12. The zero-order chi connectivity index (χ0) is 22.4. The van der Waals surface area contributed by atoms with E-state index >= 15 is 0 Å². The topological polar surface area (TPSA) is 37.3 Å². The number of unbranched alkanes of at least 4 members (excludes halogenated alkanes) is 13. The van der Waals surface area contributed by atoms with Gasteiger partial charge in [-0.3, -0.25) is 0 Å². The van der Waals surface area contributed by atoms with Crippen molar-refractivity contribution in [1.29, 1.82) is 0 Å². The van der Waals surface area contributed by atoms with Gasteiger partial charge in [-0.1, -0.05) is 217 Å². The Morgan fingerprint density at radius 2 is 1.00 bits per heavy atom. The number of hydrogen-bond donors (Lipinski definition) is 1. The molecule has 0 amide bonds. The third-order valence-corrected chi connectivity index (χ3v) is 20.2. The quantitative estimate of drug-likeness (QED) is 0.0796. The lowest BCUT2D eigenvalue weighted by Crippen LogP contribution is -2.54. The summed E-state index contributed by atoms with van der Waals surface area (Å²) < 4.78 is -1.16. The Balaban J connectivity index is 3.94. The van der Waals surface area contributed by atoms with Crippen molar-refractivity contribution in [2.45, 2.75) is 123 Å². The molecular formula is C22H39I5O2. The molecule has 0 aliphatic rings. The zero-order valence-corrected chi connectivity index (χ0v) is 28.8. The molecule has 0 rings (SSSR count). The van der Waals surface area contributed by atoms with E-state index in [-0.39, 0.29) is 4.85 Å². The van der Waals surface area contributed by atoms with Gasteiger partial charge in [0.05, 0.1) is 0 Å². The van der Waals surface area contributed by atoms with Crippen molar-refractivity contribution in [3.05, 3.63) is 0 Å². The fraction of sp³-hybridized carbons (Fsp3) is 0.955. The summed E-state index contributed by atoms with van der Waals surface area (Å²) in [5.74, 6) is -0.724. The van der Waals surface area contributed by atoms with Crippen LogP contribution in [0, 0.1) is 0 Å². The maximum Gasteiger partial charge on any atom is 0.331 e. The Morgan fingerprint density at radius 3 is 1.31 bits per heavy atom. The maximum atomic E-state index is 11.8. The van der Waals surface area contributed by atoms with Crippen LogP contribution in [0.25, 0.3) is 0 Å². The van der Waals surface area contributed by atoms with Gasteiger partial charge in [-0.15, -0.1) is 0 Å². The number of alkyl halides is 5. The van der Waals surface area contributed by atoms with E-state index in [1.54, 1.807) is 0 Å². The van der Waals surface area contributed by atoms with Crippen molar-refractivity contribution in [2.75, 3.05) is 0 Å². The van der Waals surface area contributed by atoms with Gasteiger partial charge in [-0.2, -0.15) is 0 Å². The minimum Gasteiger partial charge on any atom is -0.480 e. The summed E-state index contributed by atoms with van der Waals surface area (Å²) in [5.41, 5.74) is 0. The van der Waals surface area contributed by atoms with Crippen LogP contribution in [0.2, 0.25) is 0 Å². The van der Waals surface area contributed by atoms with Gasteiger partial charge < -0.3 is 5.11 Å². The van der Waals surface area contributed by atoms with E-state index in [1.165, 1.54) is 89.9 Å². The molecule has 0 bridgehead atoms. The Morgan fingerprint density at radius 1 is 0.655 bits per heavy atom. The first-order valence-electron chi connectivity index (χ1n) is 11.2. The van der Waals surface area contributed by atoms with Gasteiger partial charge in [0.1, 0.15) is 1.43 Å². The molecule has 174 valence electrons. The second-order valence-corrected chi connectivity index (χ2v) is 20.8. The fourth-order valence-corrected chi connectivity index (χ4v) is 8.19. The summed E-state index contributed by atoms with van der Waals surface area (Å²) in [6.07, 6.45) is 21.3. The first-order chi connectivity index (χ1) is 13.6. The van der Waals surface area contributed by atoms with E-state index in [2.05, 4.69) is 127 Å². The smallest absolute Gasteiger partial charge is 0.331 e. The third-order valence-electron chi connectivity index (χ3n) is 5.71. The molecule has 29 heavy (non-hydrogen) atoms. The Kier molecular flexibility index (Phi) is 19.4. The minimum atomic E-state index is -0.809. The largest absolute Gasteiger partial charge is 0.480 e. The van der Waals surface area contributed by atoms with Crippen LogP contribution in [-0.2, 0) is 4.79 Å². The van der Waals surface area contributed by atoms with Gasteiger partial charge in [-0.05, 0) is 12.8 Å². The first kappa shape index (κ1) is 32.1. The number of hydrogen-bond acceptors (Lipinski definition) is 1. The van der Waals surface area contributed by atoms with Crippen molar-refractivity contribution in [2.24, 2.45) is 0 Å². The molecular weight excluding hydrogens is 931 g/mol. The van der Waals surface area contributed by atoms with Crippen LogP contribution >= 0.6 is 113 Å². The predicted molar refractivity (Wildman–Crippen MR) is 171 cm³/mol. The van der Waals surface area contributed by atoms with Gasteiger partial charge in [-0.25, -0.2) is 4.79 Å². The van der Waals surface area contributed by atoms with Crippen LogP contribution in [0.15, 0.2) is 0 Å². The van der Waals surface area contributed by atoms with Crippen LogP contribution in [0.5, 0.6) is 0 Å². The molecule has 0 aliphatic heterocycles. The normalized spacial score (nSPS) is 14.7. The highest BCUT2D eigenvalue weighted by atomic mass is 127. The van der Waals surface area contributed by atoms with Crippen LogP contribution in [-0.4, -0.2) is 17.4 Å².